The van der Waals surface area contributed by atoms with Crippen LogP contribution in [0.2, 0.25) is 0 Å². The molecule has 1 aromatic carbocycles. The third-order valence-electron chi connectivity index (χ3n) is 3.04. The molecular formula is C14H16N2O2. The molecule has 2 aromatic rings. The SMILES string of the molecule is CCc1ccc(-n2ncc(CC(=O)O)c2C)cc1. The van der Waals surface area contributed by atoms with E-state index in [1.54, 1.807) is 10.9 Å². The number of benzene rings is 1. The summed E-state index contributed by atoms with van der Waals surface area (Å²) in [5.41, 5.74) is 3.86. The monoisotopic (exact) mass is 244 g/mol. The number of aromatic nitrogens is 2. The summed E-state index contributed by atoms with van der Waals surface area (Å²) in [5, 5.41) is 13.1. The Morgan fingerprint density at radius 2 is 2.00 bits per heavy atom. The molecule has 0 amide bonds. The van der Waals surface area contributed by atoms with Gasteiger partial charge in [0.25, 0.3) is 0 Å². The topological polar surface area (TPSA) is 55.1 Å². The van der Waals surface area contributed by atoms with Crippen LogP contribution in [0.5, 0.6) is 0 Å². The van der Waals surface area contributed by atoms with Crippen molar-refractivity contribution in [1.29, 1.82) is 0 Å². The lowest BCUT2D eigenvalue weighted by atomic mass is 10.1. The number of carbonyl (C=O) groups is 1. The van der Waals surface area contributed by atoms with Crippen molar-refractivity contribution in [2.45, 2.75) is 26.7 Å². The zero-order valence-corrected chi connectivity index (χ0v) is 10.6. The summed E-state index contributed by atoms with van der Waals surface area (Å²) in [6.07, 6.45) is 2.64. The van der Waals surface area contributed by atoms with Gasteiger partial charge in [-0.2, -0.15) is 5.10 Å². The molecule has 1 N–H and O–H groups in total. The highest BCUT2D eigenvalue weighted by Crippen LogP contribution is 2.15. The Morgan fingerprint density at radius 3 is 2.56 bits per heavy atom. The predicted octanol–water partition coefficient (Wildman–Crippen LogP) is 2.37. The van der Waals surface area contributed by atoms with Gasteiger partial charge < -0.3 is 5.11 Å². The lowest BCUT2D eigenvalue weighted by Crippen LogP contribution is -2.03. The predicted molar refractivity (Wildman–Crippen MR) is 69.0 cm³/mol. The molecule has 0 saturated carbocycles. The van der Waals surface area contributed by atoms with Crippen molar-refractivity contribution in [2.24, 2.45) is 0 Å². The van der Waals surface area contributed by atoms with Crippen LogP contribution >= 0.6 is 0 Å². The zero-order chi connectivity index (χ0) is 13.1. The van der Waals surface area contributed by atoms with Gasteiger partial charge in [-0.1, -0.05) is 19.1 Å². The molecule has 4 heteroatoms. The van der Waals surface area contributed by atoms with E-state index in [2.05, 4.69) is 24.2 Å². The third kappa shape index (κ3) is 2.42. The number of nitrogens with zero attached hydrogens (tertiary/aromatic N) is 2. The van der Waals surface area contributed by atoms with Crippen LogP contribution in [-0.4, -0.2) is 20.9 Å². The van der Waals surface area contributed by atoms with Gasteiger partial charge in [-0.25, -0.2) is 4.68 Å². The lowest BCUT2D eigenvalue weighted by molar-refractivity contribution is -0.136. The molecule has 0 spiro atoms. The first-order chi connectivity index (χ1) is 8.61. The van der Waals surface area contributed by atoms with Crippen molar-refractivity contribution in [2.75, 3.05) is 0 Å². The van der Waals surface area contributed by atoms with Gasteiger partial charge >= 0.3 is 5.97 Å². The van der Waals surface area contributed by atoms with Gasteiger partial charge in [0.1, 0.15) is 0 Å². The van der Waals surface area contributed by atoms with E-state index in [0.717, 1.165) is 23.4 Å². The lowest BCUT2D eigenvalue weighted by Gasteiger charge is -2.06. The minimum Gasteiger partial charge on any atom is -0.481 e. The molecule has 94 valence electrons. The summed E-state index contributed by atoms with van der Waals surface area (Å²) in [7, 11) is 0. The van der Waals surface area contributed by atoms with Gasteiger partial charge in [0.15, 0.2) is 0 Å². The van der Waals surface area contributed by atoms with Crippen molar-refractivity contribution >= 4 is 5.97 Å². The van der Waals surface area contributed by atoms with Crippen molar-refractivity contribution < 1.29 is 9.90 Å². The van der Waals surface area contributed by atoms with Crippen LogP contribution in [-0.2, 0) is 17.6 Å². The summed E-state index contributed by atoms with van der Waals surface area (Å²) in [4.78, 5) is 10.7. The molecule has 0 fully saturated rings. The Morgan fingerprint density at radius 1 is 1.33 bits per heavy atom. The van der Waals surface area contributed by atoms with Gasteiger partial charge in [0.2, 0.25) is 0 Å². The molecule has 1 aromatic heterocycles. The van der Waals surface area contributed by atoms with Crippen molar-refractivity contribution in [3.8, 4) is 5.69 Å². The molecule has 0 saturated heterocycles. The second kappa shape index (κ2) is 5.04. The van der Waals surface area contributed by atoms with E-state index in [1.165, 1.54) is 5.56 Å². The molecule has 1 heterocycles. The number of carboxylic acids is 1. The van der Waals surface area contributed by atoms with Crippen molar-refractivity contribution in [3.63, 3.8) is 0 Å². The second-order valence-corrected chi connectivity index (χ2v) is 4.26. The minimum atomic E-state index is -0.834. The molecule has 0 unspecified atom stereocenters. The fourth-order valence-corrected chi connectivity index (χ4v) is 1.91. The number of hydrogen-bond donors (Lipinski definition) is 1. The quantitative estimate of drug-likeness (QED) is 0.898. The number of aliphatic carboxylic acids is 1. The zero-order valence-electron chi connectivity index (χ0n) is 10.6. The fraction of sp³-hybridized carbons (Fsp3) is 0.286. The van der Waals surface area contributed by atoms with E-state index in [9.17, 15) is 4.79 Å². The van der Waals surface area contributed by atoms with Gasteiger partial charge in [-0.3, -0.25) is 4.79 Å². The number of carboxylic acid groups (broad SMARTS) is 1. The third-order valence-corrected chi connectivity index (χ3v) is 3.04. The molecule has 18 heavy (non-hydrogen) atoms. The maximum absolute atomic E-state index is 10.7. The summed E-state index contributed by atoms with van der Waals surface area (Å²) in [6.45, 7) is 4.00. The number of rotatable bonds is 4. The van der Waals surface area contributed by atoms with Crippen LogP contribution in [0.1, 0.15) is 23.7 Å². The summed E-state index contributed by atoms with van der Waals surface area (Å²) < 4.78 is 1.78. The maximum atomic E-state index is 10.7. The second-order valence-electron chi connectivity index (χ2n) is 4.26. The molecule has 2 rings (SSSR count). The summed E-state index contributed by atoms with van der Waals surface area (Å²) in [5.74, 6) is -0.834. The van der Waals surface area contributed by atoms with Gasteiger partial charge in [0.05, 0.1) is 18.3 Å². The Balaban J connectivity index is 2.32. The molecule has 0 aliphatic rings. The Kier molecular flexibility index (Phi) is 3.46. The van der Waals surface area contributed by atoms with E-state index in [0.29, 0.717) is 0 Å². The van der Waals surface area contributed by atoms with Crippen molar-refractivity contribution in [3.05, 3.63) is 47.3 Å². The van der Waals surface area contributed by atoms with Crippen LogP contribution in [0, 0.1) is 6.92 Å². The van der Waals surface area contributed by atoms with E-state index in [1.807, 2.05) is 19.1 Å². The van der Waals surface area contributed by atoms with E-state index in [4.69, 9.17) is 5.11 Å². The number of aryl methyl sites for hydroxylation is 1. The maximum Gasteiger partial charge on any atom is 0.307 e. The van der Waals surface area contributed by atoms with Crippen LogP contribution in [0.25, 0.3) is 5.69 Å². The van der Waals surface area contributed by atoms with Gasteiger partial charge in [-0.05, 0) is 31.0 Å². The molecule has 0 radical (unpaired) electrons. The molecule has 0 aliphatic heterocycles. The smallest absolute Gasteiger partial charge is 0.307 e. The van der Waals surface area contributed by atoms with Gasteiger partial charge in [0, 0.05) is 11.3 Å². The van der Waals surface area contributed by atoms with Crippen LogP contribution < -0.4 is 0 Å². The Hall–Kier alpha value is -2.10. The van der Waals surface area contributed by atoms with Crippen LogP contribution in [0.4, 0.5) is 0 Å². The largest absolute Gasteiger partial charge is 0.481 e. The standard InChI is InChI=1S/C14H16N2O2/c1-3-11-4-6-13(7-5-11)16-10(2)12(9-15-16)8-14(17)18/h4-7,9H,3,8H2,1-2H3,(H,17,18). The van der Waals surface area contributed by atoms with Gasteiger partial charge in [-0.15, -0.1) is 0 Å². The Bertz CT molecular complexity index is 556. The van der Waals surface area contributed by atoms with Crippen LogP contribution in [0.3, 0.4) is 0 Å². The Labute approximate surface area is 106 Å². The first-order valence-corrected chi connectivity index (χ1v) is 5.96. The average Bonchev–Trinajstić information content (AvgIpc) is 2.71. The van der Waals surface area contributed by atoms with E-state index >= 15 is 0 Å². The molecule has 0 atom stereocenters. The molecule has 0 bridgehead atoms. The first kappa shape index (κ1) is 12.4. The van der Waals surface area contributed by atoms with E-state index in [-0.39, 0.29) is 6.42 Å². The normalized spacial score (nSPS) is 10.6. The number of hydrogen-bond acceptors (Lipinski definition) is 2. The fourth-order valence-electron chi connectivity index (χ4n) is 1.91. The molecule has 4 nitrogen and oxygen atoms in total. The summed E-state index contributed by atoms with van der Waals surface area (Å²) in [6, 6.07) is 8.13. The minimum absolute atomic E-state index is 0.0128. The molecule has 0 aliphatic carbocycles. The highest BCUT2D eigenvalue weighted by molar-refractivity contribution is 5.70. The highest BCUT2D eigenvalue weighted by atomic mass is 16.4. The highest BCUT2D eigenvalue weighted by Gasteiger charge is 2.10. The van der Waals surface area contributed by atoms with Crippen LogP contribution in [0.15, 0.2) is 30.5 Å². The van der Waals surface area contributed by atoms with Crippen molar-refractivity contribution in [1.82, 2.24) is 9.78 Å². The molecular weight excluding hydrogens is 228 g/mol. The average molecular weight is 244 g/mol. The van der Waals surface area contributed by atoms with E-state index < -0.39 is 5.97 Å². The first-order valence-electron chi connectivity index (χ1n) is 5.96. The summed E-state index contributed by atoms with van der Waals surface area (Å²) >= 11 is 0.